The third-order valence-electron chi connectivity index (χ3n) is 1.81. The van der Waals surface area contributed by atoms with Crippen LogP contribution in [0, 0.1) is 0 Å². The molecule has 0 aliphatic rings. The van der Waals surface area contributed by atoms with Gasteiger partial charge in [-0.2, -0.15) is 0 Å². The summed E-state index contributed by atoms with van der Waals surface area (Å²) in [5.74, 6) is 0. The van der Waals surface area contributed by atoms with Crippen LogP contribution in [0.1, 0.15) is 0 Å². The van der Waals surface area contributed by atoms with Gasteiger partial charge in [-0.25, -0.2) is 0 Å². The molecule has 1 aromatic carbocycles. The van der Waals surface area contributed by atoms with Gasteiger partial charge in [0.15, 0.2) is 0 Å². The summed E-state index contributed by atoms with van der Waals surface area (Å²) in [6.07, 6.45) is 0. The molecule has 0 heterocycles. The van der Waals surface area contributed by atoms with Crippen molar-refractivity contribution in [2.75, 3.05) is 4.98 Å². The summed E-state index contributed by atoms with van der Waals surface area (Å²) in [7, 11) is -2.37. The first-order valence-corrected chi connectivity index (χ1v) is 14.3. The van der Waals surface area contributed by atoms with Gasteiger partial charge in [0.05, 0.1) is 0 Å². The van der Waals surface area contributed by atoms with Gasteiger partial charge in [0.25, 0.3) is 0 Å². The van der Waals surface area contributed by atoms with Crippen LogP contribution in [-0.2, 0) is 0 Å². The highest BCUT2D eigenvalue weighted by Gasteiger charge is 2.19. The fourth-order valence-electron chi connectivity index (χ4n) is 1.39. The van der Waals surface area contributed by atoms with Crippen LogP contribution in [0.4, 0.5) is 5.69 Å². The smallest absolute Gasteiger partial charge is 0.144 e. The van der Waals surface area contributed by atoms with Gasteiger partial charge in [0, 0.05) is 10.6 Å². The molecule has 1 nitrogen and oxygen atoms in total. The van der Waals surface area contributed by atoms with E-state index < -0.39 is 15.5 Å². The predicted molar refractivity (Wildman–Crippen MR) is 82.6 cm³/mol. The van der Waals surface area contributed by atoms with Gasteiger partial charge in [-0.1, -0.05) is 51.4 Å². The standard InChI is InChI=1S/C12H23NSSi2/c1-15(2,3)13-11-9-7-8-10-12(11)14-16(4,5)6/h7-10,13H,1-6H3. The number of hydrogen-bond acceptors (Lipinski definition) is 2. The van der Waals surface area contributed by atoms with Gasteiger partial charge < -0.3 is 4.98 Å². The molecule has 0 aromatic heterocycles. The second-order valence-electron chi connectivity index (χ2n) is 6.09. The third-order valence-corrected chi connectivity index (χ3v) is 6.52. The maximum absolute atomic E-state index is 3.71. The maximum atomic E-state index is 3.71. The summed E-state index contributed by atoms with van der Waals surface area (Å²) in [5.41, 5.74) is 1.33. The lowest BCUT2D eigenvalue weighted by molar-refractivity contribution is 1.43. The molecule has 0 aliphatic carbocycles. The zero-order chi connectivity index (χ0) is 12.4. The minimum Gasteiger partial charge on any atom is -0.410 e. The Kier molecular flexibility index (Phi) is 4.31. The quantitative estimate of drug-likeness (QED) is 0.783. The highest BCUT2D eigenvalue weighted by Crippen LogP contribution is 2.34. The summed E-state index contributed by atoms with van der Waals surface area (Å²) in [6, 6.07) is 8.71. The molecule has 1 N–H and O–H groups in total. The molecule has 0 radical (unpaired) electrons. The number of anilines is 1. The topological polar surface area (TPSA) is 12.0 Å². The van der Waals surface area contributed by atoms with E-state index in [0.717, 1.165) is 0 Å². The van der Waals surface area contributed by atoms with Crippen LogP contribution in [0.5, 0.6) is 0 Å². The van der Waals surface area contributed by atoms with Crippen molar-refractivity contribution in [3.05, 3.63) is 24.3 Å². The summed E-state index contributed by atoms with van der Waals surface area (Å²) in [4.78, 5) is 5.13. The lowest BCUT2D eigenvalue weighted by Gasteiger charge is -2.24. The molecule has 0 amide bonds. The van der Waals surface area contributed by atoms with Gasteiger partial charge in [0.1, 0.15) is 15.5 Å². The lowest BCUT2D eigenvalue weighted by Crippen LogP contribution is -2.32. The summed E-state index contributed by atoms with van der Waals surface area (Å²) in [5, 5.41) is 0. The van der Waals surface area contributed by atoms with Crippen molar-refractivity contribution in [1.82, 2.24) is 0 Å². The Balaban J connectivity index is 2.92. The van der Waals surface area contributed by atoms with E-state index in [9.17, 15) is 0 Å². The molecular weight excluding hydrogens is 246 g/mol. The Morgan fingerprint density at radius 1 is 0.938 bits per heavy atom. The first-order chi connectivity index (χ1) is 7.17. The Labute approximate surface area is 106 Å². The Bertz CT molecular complexity index is 318. The number of rotatable bonds is 4. The van der Waals surface area contributed by atoms with Gasteiger partial charge in [-0.05, 0) is 12.1 Å². The molecule has 90 valence electrons. The molecule has 1 aromatic rings. The summed E-state index contributed by atoms with van der Waals surface area (Å²) >= 11 is 2.07. The zero-order valence-electron chi connectivity index (χ0n) is 11.2. The molecule has 0 saturated carbocycles. The van der Waals surface area contributed by atoms with E-state index in [1.54, 1.807) is 0 Å². The lowest BCUT2D eigenvalue weighted by atomic mass is 10.3. The van der Waals surface area contributed by atoms with E-state index in [-0.39, 0.29) is 0 Å². The molecule has 1 rings (SSSR count). The van der Waals surface area contributed by atoms with Crippen LogP contribution in [0.3, 0.4) is 0 Å². The highest BCUT2D eigenvalue weighted by atomic mass is 32.4. The van der Waals surface area contributed by atoms with Gasteiger partial charge in [0.2, 0.25) is 0 Å². The summed E-state index contributed by atoms with van der Waals surface area (Å²) < 4.78 is 0. The molecular formula is C12H23NSSi2. The van der Waals surface area contributed by atoms with Crippen LogP contribution in [-0.4, -0.2) is 15.5 Å². The minimum absolute atomic E-state index is 1.11. The molecule has 0 saturated heterocycles. The van der Waals surface area contributed by atoms with Crippen molar-refractivity contribution in [1.29, 1.82) is 0 Å². The van der Waals surface area contributed by atoms with E-state index in [2.05, 4.69) is 79.7 Å². The number of para-hydroxylation sites is 1. The first-order valence-electron chi connectivity index (χ1n) is 5.74. The van der Waals surface area contributed by atoms with Crippen molar-refractivity contribution in [2.24, 2.45) is 0 Å². The molecule has 4 heteroatoms. The van der Waals surface area contributed by atoms with Crippen LogP contribution >= 0.6 is 11.2 Å². The van der Waals surface area contributed by atoms with E-state index in [1.807, 2.05) is 0 Å². The fraction of sp³-hybridized carbons (Fsp3) is 0.500. The maximum Gasteiger partial charge on any atom is 0.144 e. The largest absolute Gasteiger partial charge is 0.410 e. The third kappa shape index (κ3) is 5.23. The van der Waals surface area contributed by atoms with E-state index in [4.69, 9.17) is 0 Å². The van der Waals surface area contributed by atoms with Crippen molar-refractivity contribution in [3.8, 4) is 0 Å². The summed E-state index contributed by atoms with van der Waals surface area (Å²) in [6.45, 7) is 14.2. The Morgan fingerprint density at radius 3 is 2.00 bits per heavy atom. The predicted octanol–water partition coefficient (Wildman–Crippen LogP) is 4.86. The van der Waals surface area contributed by atoms with Gasteiger partial charge >= 0.3 is 0 Å². The molecule has 0 unspecified atom stereocenters. The van der Waals surface area contributed by atoms with Crippen LogP contribution < -0.4 is 4.98 Å². The normalized spacial score (nSPS) is 12.6. The second kappa shape index (κ2) is 4.98. The monoisotopic (exact) mass is 269 g/mol. The molecule has 0 bridgehead atoms. The van der Waals surface area contributed by atoms with Crippen molar-refractivity contribution >= 4 is 32.4 Å². The first kappa shape index (κ1) is 13.9. The SMILES string of the molecule is C[Si](C)(C)Nc1ccccc1S[Si](C)(C)C. The second-order valence-corrected chi connectivity index (χ2v) is 20.0. The van der Waals surface area contributed by atoms with E-state index in [0.29, 0.717) is 0 Å². The van der Waals surface area contributed by atoms with Crippen LogP contribution in [0.15, 0.2) is 29.2 Å². The number of nitrogens with one attached hydrogen (secondary N) is 1. The average Bonchev–Trinajstić information content (AvgIpc) is 2.03. The Morgan fingerprint density at radius 2 is 1.50 bits per heavy atom. The average molecular weight is 270 g/mol. The van der Waals surface area contributed by atoms with Crippen molar-refractivity contribution < 1.29 is 0 Å². The van der Waals surface area contributed by atoms with Crippen LogP contribution in [0.2, 0.25) is 39.3 Å². The molecule has 0 spiro atoms. The molecule has 16 heavy (non-hydrogen) atoms. The van der Waals surface area contributed by atoms with E-state index in [1.165, 1.54) is 10.6 Å². The van der Waals surface area contributed by atoms with Gasteiger partial charge in [-0.3, -0.25) is 0 Å². The van der Waals surface area contributed by atoms with Crippen molar-refractivity contribution in [2.45, 2.75) is 44.2 Å². The number of hydrogen-bond donors (Lipinski definition) is 1. The molecule has 0 fully saturated rings. The van der Waals surface area contributed by atoms with Gasteiger partial charge in [-0.15, -0.1) is 11.2 Å². The highest BCUT2D eigenvalue weighted by molar-refractivity contribution is 8.28. The van der Waals surface area contributed by atoms with E-state index >= 15 is 0 Å². The zero-order valence-corrected chi connectivity index (χ0v) is 14.0. The molecule has 0 atom stereocenters. The van der Waals surface area contributed by atoms with Crippen LogP contribution in [0.25, 0.3) is 0 Å². The fourth-order valence-corrected chi connectivity index (χ4v) is 6.06. The number of benzene rings is 1. The minimum atomic E-state index is -1.25. The van der Waals surface area contributed by atoms with Crippen molar-refractivity contribution in [3.63, 3.8) is 0 Å². The molecule has 0 aliphatic heterocycles. The Hall–Kier alpha value is -0.196.